The molecule has 0 radical (unpaired) electrons. The summed E-state index contributed by atoms with van der Waals surface area (Å²) < 4.78 is 7.42. The number of aromatic nitrogens is 2. The molecule has 1 aromatic carbocycles. The van der Waals surface area contributed by atoms with Crippen molar-refractivity contribution in [2.45, 2.75) is 31.9 Å². The van der Waals surface area contributed by atoms with E-state index < -0.39 is 5.97 Å². The molecule has 7 heteroatoms. The van der Waals surface area contributed by atoms with Crippen molar-refractivity contribution < 1.29 is 19.4 Å². The molecule has 0 bridgehead atoms. The Bertz CT molecular complexity index is 722. The molecule has 1 aliphatic rings. The van der Waals surface area contributed by atoms with Crippen LogP contribution in [0.4, 0.5) is 0 Å². The molecule has 2 heterocycles. The van der Waals surface area contributed by atoms with E-state index in [1.807, 2.05) is 29.1 Å². The third-order valence-electron chi connectivity index (χ3n) is 4.44. The highest BCUT2D eigenvalue weighted by Crippen LogP contribution is 2.16. The Labute approximate surface area is 152 Å². The van der Waals surface area contributed by atoms with Gasteiger partial charge in [-0.15, -0.1) is 0 Å². The summed E-state index contributed by atoms with van der Waals surface area (Å²) in [6, 6.07) is 9.23. The number of carbonyl (C=O) groups is 2. The highest BCUT2D eigenvalue weighted by Gasteiger charge is 2.23. The quantitative estimate of drug-likeness (QED) is 0.781. The Balaban J connectivity index is 1.66. The number of benzene rings is 1. The van der Waals surface area contributed by atoms with Crippen molar-refractivity contribution in [3.63, 3.8) is 0 Å². The zero-order valence-electron chi connectivity index (χ0n) is 14.6. The van der Waals surface area contributed by atoms with E-state index in [4.69, 9.17) is 9.84 Å². The van der Waals surface area contributed by atoms with Gasteiger partial charge in [-0.2, -0.15) is 5.10 Å². The van der Waals surface area contributed by atoms with E-state index in [2.05, 4.69) is 5.10 Å². The molecular weight excluding hydrogens is 334 g/mol. The van der Waals surface area contributed by atoms with Gasteiger partial charge in [-0.3, -0.25) is 14.3 Å². The first kappa shape index (κ1) is 18.1. The number of aliphatic carboxylic acids is 1. The summed E-state index contributed by atoms with van der Waals surface area (Å²) >= 11 is 0. The lowest BCUT2D eigenvalue weighted by Crippen LogP contribution is -2.38. The fourth-order valence-corrected chi connectivity index (χ4v) is 3.06. The number of amides is 1. The Kier molecular flexibility index (Phi) is 6.01. The molecule has 1 unspecified atom stereocenters. The van der Waals surface area contributed by atoms with Crippen LogP contribution < -0.4 is 0 Å². The molecule has 0 aliphatic carbocycles. The van der Waals surface area contributed by atoms with Crippen LogP contribution >= 0.6 is 0 Å². The van der Waals surface area contributed by atoms with Crippen LogP contribution in [0.2, 0.25) is 0 Å². The predicted molar refractivity (Wildman–Crippen MR) is 94.9 cm³/mol. The molecule has 1 aliphatic heterocycles. The summed E-state index contributed by atoms with van der Waals surface area (Å²) in [4.78, 5) is 25.3. The molecule has 7 nitrogen and oxygen atoms in total. The minimum atomic E-state index is -0.912. The highest BCUT2D eigenvalue weighted by atomic mass is 16.5. The maximum absolute atomic E-state index is 12.8. The topological polar surface area (TPSA) is 84.7 Å². The number of nitrogens with zero attached hydrogens (tertiary/aromatic N) is 3. The van der Waals surface area contributed by atoms with Gasteiger partial charge in [0.05, 0.1) is 19.1 Å². The molecule has 1 fully saturated rings. The van der Waals surface area contributed by atoms with Crippen molar-refractivity contribution in [2.24, 2.45) is 0 Å². The second-order valence-electron chi connectivity index (χ2n) is 6.43. The lowest BCUT2D eigenvalue weighted by molar-refractivity contribution is -0.137. The van der Waals surface area contributed by atoms with Crippen molar-refractivity contribution in [1.29, 1.82) is 0 Å². The van der Waals surface area contributed by atoms with Gasteiger partial charge in [-0.1, -0.05) is 12.1 Å². The minimum absolute atomic E-state index is 0.00756. The van der Waals surface area contributed by atoms with E-state index in [1.165, 1.54) is 0 Å². The van der Waals surface area contributed by atoms with Crippen molar-refractivity contribution in [1.82, 2.24) is 14.7 Å². The Morgan fingerprint density at radius 1 is 1.31 bits per heavy atom. The maximum Gasteiger partial charge on any atom is 0.305 e. The van der Waals surface area contributed by atoms with Crippen LogP contribution in [0.1, 0.15) is 35.2 Å². The van der Waals surface area contributed by atoms with Crippen molar-refractivity contribution in [3.05, 3.63) is 53.9 Å². The lowest BCUT2D eigenvalue weighted by Gasteiger charge is -2.25. The molecule has 0 saturated carbocycles. The Morgan fingerprint density at radius 3 is 2.73 bits per heavy atom. The van der Waals surface area contributed by atoms with E-state index in [0.29, 0.717) is 25.3 Å². The summed E-state index contributed by atoms with van der Waals surface area (Å²) in [7, 11) is 0. The van der Waals surface area contributed by atoms with E-state index in [1.54, 1.807) is 23.2 Å². The number of rotatable bonds is 8. The van der Waals surface area contributed by atoms with Crippen LogP contribution in [-0.4, -0.2) is 57.5 Å². The van der Waals surface area contributed by atoms with Gasteiger partial charge >= 0.3 is 5.97 Å². The summed E-state index contributed by atoms with van der Waals surface area (Å²) in [6.45, 7) is 1.96. The van der Waals surface area contributed by atoms with Crippen LogP contribution in [0.5, 0.6) is 0 Å². The third kappa shape index (κ3) is 4.92. The van der Waals surface area contributed by atoms with Crippen molar-refractivity contribution in [2.75, 3.05) is 19.7 Å². The molecule has 26 heavy (non-hydrogen) atoms. The Morgan fingerprint density at radius 2 is 2.12 bits per heavy atom. The maximum atomic E-state index is 12.8. The number of ether oxygens (including phenoxy) is 1. The first-order valence-corrected chi connectivity index (χ1v) is 8.81. The number of carboxylic acid groups (broad SMARTS) is 1. The van der Waals surface area contributed by atoms with Crippen LogP contribution in [0, 0.1) is 0 Å². The zero-order chi connectivity index (χ0) is 18.4. The van der Waals surface area contributed by atoms with Crippen LogP contribution in [0.3, 0.4) is 0 Å². The molecule has 1 atom stereocenters. The van der Waals surface area contributed by atoms with Gasteiger partial charge in [-0.05, 0) is 36.6 Å². The average Bonchev–Trinajstić information content (AvgIpc) is 3.32. The summed E-state index contributed by atoms with van der Waals surface area (Å²) in [5, 5.41) is 13.1. The zero-order valence-corrected chi connectivity index (χ0v) is 14.6. The molecule has 1 amide bonds. The number of hydrogen-bond acceptors (Lipinski definition) is 4. The lowest BCUT2D eigenvalue weighted by atomic mass is 10.1. The van der Waals surface area contributed by atoms with Crippen molar-refractivity contribution >= 4 is 11.9 Å². The summed E-state index contributed by atoms with van der Waals surface area (Å²) in [5.41, 5.74) is 1.60. The number of hydrogen-bond donors (Lipinski definition) is 1. The van der Waals surface area contributed by atoms with Crippen molar-refractivity contribution in [3.8, 4) is 0 Å². The van der Waals surface area contributed by atoms with Gasteiger partial charge in [0.25, 0.3) is 5.91 Å². The van der Waals surface area contributed by atoms with Gasteiger partial charge in [0.15, 0.2) is 0 Å². The standard InChI is InChI=1S/C19H23N3O4/c23-18(24)8-11-21(14-17-3-1-12-26-17)19(25)16-6-4-15(5-7-16)13-22-10-2-9-20-22/h2,4-7,9-10,17H,1,3,8,11-14H2,(H,23,24). The van der Waals surface area contributed by atoms with Gasteiger partial charge < -0.3 is 14.7 Å². The van der Waals surface area contributed by atoms with E-state index in [9.17, 15) is 9.59 Å². The SMILES string of the molecule is O=C(O)CCN(CC1CCCO1)C(=O)c1ccc(Cn2cccn2)cc1. The van der Waals surface area contributed by atoms with Gasteiger partial charge in [0.2, 0.25) is 0 Å². The minimum Gasteiger partial charge on any atom is -0.481 e. The average molecular weight is 357 g/mol. The summed E-state index contributed by atoms with van der Waals surface area (Å²) in [5.74, 6) is -1.07. The highest BCUT2D eigenvalue weighted by molar-refractivity contribution is 5.94. The molecule has 0 spiro atoms. The van der Waals surface area contributed by atoms with E-state index >= 15 is 0 Å². The predicted octanol–water partition coefficient (Wildman–Crippen LogP) is 2.03. The molecular formula is C19H23N3O4. The monoisotopic (exact) mass is 357 g/mol. The first-order valence-electron chi connectivity index (χ1n) is 8.81. The molecule has 1 N–H and O–H groups in total. The second kappa shape index (κ2) is 8.62. The molecule has 1 saturated heterocycles. The smallest absolute Gasteiger partial charge is 0.305 e. The molecule has 3 rings (SSSR count). The van der Waals surface area contributed by atoms with Gasteiger partial charge in [-0.25, -0.2) is 0 Å². The fourth-order valence-electron chi connectivity index (χ4n) is 3.06. The van der Waals surface area contributed by atoms with E-state index in [-0.39, 0.29) is 25.0 Å². The van der Waals surface area contributed by atoms with Gasteiger partial charge in [0.1, 0.15) is 0 Å². The largest absolute Gasteiger partial charge is 0.481 e. The fraction of sp³-hybridized carbons (Fsp3) is 0.421. The third-order valence-corrected chi connectivity index (χ3v) is 4.44. The Hall–Kier alpha value is -2.67. The van der Waals surface area contributed by atoms with Crippen LogP contribution in [0.25, 0.3) is 0 Å². The van der Waals surface area contributed by atoms with Crippen LogP contribution in [0.15, 0.2) is 42.7 Å². The molecule has 1 aromatic heterocycles. The molecule has 2 aromatic rings. The van der Waals surface area contributed by atoms with E-state index in [0.717, 1.165) is 18.4 Å². The van der Waals surface area contributed by atoms with Gasteiger partial charge in [0, 0.05) is 37.7 Å². The normalized spacial score (nSPS) is 16.5. The number of carbonyl (C=O) groups excluding carboxylic acids is 1. The number of carboxylic acids is 1. The van der Waals surface area contributed by atoms with Crippen LogP contribution in [-0.2, 0) is 16.1 Å². The summed E-state index contributed by atoms with van der Waals surface area (Å²) in [6.07, 6.45) is 5.41. The second-order valence-corrected chi connectivity index (χ2v) is 6.43. The molecule has 138 valence electrons. The first-order chi connectivity index (χ1) is 12.6.